The highest BCUT2D eigenvalue weighted by molar-refractivity contribution is 4.90. The van der Waals surface area contributed by atoms with Crippen LogP contribution in [0.1, 0.15) is 65.2 Å². The second-order valence-electron chi connectivity index (χ2n) is 7.15. The van der Waals surface area contributed by atoms with Crippen molar-refractivity contribution in [2.24, 2.45) is 5.92 Å². The van der Waals surface area contributed by atoms with Gasteiger partial charge < -0.3 is 10.1 Å². The van der Waals surface area contributed by atoms with E-state index in [9.17, 15) is 0 Å². The number of methoxy groups -OCH3 is 1. The maximum atomic E-state index is 5.73. The molecule has 1 aliphatic carbocycles. The average Bonchev–Trinajstić information content (AvgIpc) is 2.47. The first kappa shape index (κ1) is 17.2. The average molecular weight is 296 g/mol. The van der Waals surface area contributed by atoms with Crippen molar-refractivity contribution in [2.75, 3.05) is 26.7 Å². The van der Waals surface area contributed by atoms with Gasteiger partial charge in [0.05, 0.1) is 6.10 Å². The highest BCUT2D eigenvalue weighted by Gasteiger charge is 2.33. The smallest absolute Gasteiger partial charge is 0.0724 e. The summed E-state index contributed by atoms with van der Waals surface area (Å²) in [6.45, 7) is 8.17. The second kappa shape index (κ2) is 9.12. The molecule has 3 heteroatoms. The molecule has 0 spiro atoms. The molecule has 0 aromatic heterocycles. The summed E-state index contributed by atoms with van der Waals surface area (Å²) in [5, 5.41) is 3.85. The van der Waals surface area contributed by atoms with Gasteiger partial charge in [0.2, 0.25) is 0 Å². The monoisotopic (exact) mass is 296 g/mol. The standard InChI is InChI=1S/C18H36N2O/c1-4-12-19-16-9-7-5-6-8-10-17(16)20-13-11-15(2)18(14-20)21-3/h15-19H,4-14H2,1-3H3. The number of hydrogen-bond acceptors (Lipinski definition) is 3. The summed E-state index contributed by atoms with van der Waals surface area (Å²) in [7, 11) is 1.88. The highest BCUT2D eigenvalue weighted by Crippen LogP contribution is 2.27. The van der Waals surface area contributed by atoms with Crippen LogP contribution in [-0.4, -0.2) is 49.8 Å². The lowest BCUT2D eigenvalue weighted by atomic mass is 9.87. The maximum Gasteiger partial charge on any atom is 0.0724 e. The Balaban J connectivity index is 2.00. The summed E-state index contributed by atoms with van der Waals surface area (Å²) >= 11 is 0. The van der Waals surface area contributed by atoms with Crippen molar-refractivity contribution in [3.8, 4) is 0 Å². The molecule has 2 fully saturated rings. The zero-order chi connectivity index (χ0) is 15.1. The Kier molecular flexibility index (Phi) is 7.48. The zero-order valence-corrected chi connectivity index (χ0v) is 14.4. The molecule has 4 atom stereocenters. The van der Waals surface area contributed by atoms with Crippen LogP contribution in [0.5, 0.6) is 0 Å². The number of likely N-dealkylation sites (tertiary alicyclic amines) is 1. The number of hydrogen-bond donors (Lipinski definition) is 1. The SMILES string of the molecule is CCCNC1CCCCCCC1N1CCC(C)C(OC)C1. The molecule has 4 unspecified atom stereocenters. The van der Waals surface area contributed by atoms with Crippen molar-refractivity contribution in [2.45, 2.75) is 83.4 Å². The van der Waals surface area contributed by atoms with E-state index in [4.69, 9.17) is 4.74 Å². The van der Waals surface area contributed by atoms with Crippen LogP contribution in [0.2, 0.25) is 0 Å². The summed E-state index contributed by atoms with van der Waals surface area (Å²) < 4.78 is 5.73. The molecule has 3 nitrogen and oxygen atoms in total. The minimum atomic E-state index is 0.427. The molecule has 1 saturated heterocycles. The molecule has 0 aromatic rings. The Hall–Kier alpha value is -0.120. The molecule has 1 saturated carbocycles. The van der Waals surface area contributed by atoms with Crippen LogP contribution in [0, 0.1) is 5.92 Å². The van der Waals surface area contributed by atoms with Gasteiger partial charge in [0, 0.05) is 25.7 Å². The quantitative estimate of drug-likeness (QED) is 0.841. The molecule has 1 heterocycles. The number of ether oxygens (including phenoxy) is 1. The van der Waals surface area contributed by atoms with Crippen molar-refractivity contribution < 1.29 is 4.74 Å². The normalized spacial score (nSPS) is 36.1. The first-order valence-electron chi connectivity index (χ1n) is 9.26. The van der Waals surface area contributed by atoms with Gasteiger partial charge in [-0.25, -0.2) is 0 Å². The molecule has 21 heavy (non-hydrogen) atoms. The summed E-state index contributed by atoms with van der Waals surface area (Å²) in [5.74, 6) is 0.710. The van der Waals surface area contributed by atoms with Crippen molar-refractivity contribution >= 4 is 0 Å². The number of piperidine rings is 1. The molecule has 124 valence electrons. The third-order valence-corrected chi connectivity index (χ3v) is 5.58. The first-order valence-corrected chi connectivity index (χ1v) is 9.26. The van der Waals surface area contributed by atoms with Crippen molar-refractivity contribution in [1.29, 1.82) is 0 Å². The van der Waals surface area contributed by atoms with Gasteiger partial charge in [0.1, 0.15) is 0 Å². The number of nitrogens with zero attached hydrogens (tertiary/aromatic N) is 1. The molecule has 2 aliphatic rings. The third kappa shape index (κ3) is 4.94. The minimum Gasteiger partial charge on any atom is -0.380 e. The Morgan fingerprint density at radius 3 is 2.57 bits per heavy atom. The molecule has 0 aromatic carbocycles. The van der Waals surface area contributed by atoms with E-state index in [2.05, 4.69) is 24.1 Å². The van der Waals surface area contributed by atoms with Gasteiger partial charge >= 0.3 is 0 Å². The molecule has 0 amide bonds. The summed E-state index contributed by atoms with van der Waals surface area (Å²) in [6.07, 6.45) is 11.3. The van der Waals surface area contributed by atoms with Crippen molar-refractivity contribution in [3.63, 3.8) is 0 Å². The van der Waals surface area contributed by atoms with Crippen LogP contribution in [0.15, 0.2) is 0 Å². The number of rotatable bonds is 5. The lowest BCUT2D eigenvalue weighted by Gasteiger charge is -2.44. The van der Waals surface area contributed by atoms with Crippen LogP contribution < -0.4 is 5.32 Å². The summed E-state index contributed by atoms with van der Waals surface area (Å²) in [5.41, 5.74) is 0. The fourth-order valence-electron chi connectivity index (χ4n) is 4.14. The van der Waals surface area contributed by atoms with Crippen LogP contribution in [0.25, 0.3) is 0 Å². The molecule has 1 N–H and O–H groups in total. The van der Waals surface area contributed by atoms with Crippen LogP contribution in [0.3, 0.4) is 0 Å². The van der Waals surface area contributed by atoms with Gasteiger partial charge in [-0.3, -0.25) is 4.90 Å². The Morgan fingerprint density at radius 1 is 1.10 bits per heavy atom. The first-order chi connectivity index (χ1) is 10.3. The van der Waals surface area contributed by atoms with Crippen LogP contribution in [0.4, 0.5) is 0 Å². The molecule has 1 aliphatic heterocycles. The third-order valence-electron chi connectivity index (χ3n) is 5.58. The van der Waals surface area contributed by atoms with Gasteiger partial charge in [-0.2, -0.15) is 0 Å². The van der Waals surface area contributed by atoms with Gasteiger partial charge in [-0.05, 0) is 44.7 Å². The van der Waals surface area contributed by atoms with E-state index in [1.807, 2.05) is 7.11 Å². The fraction of sp³-hybridized carbons (Fsp3) is 1.00. The Bertz CT molecular complexity index is 282. The Morgan fingerprint density at radius 2 is 1.86 bits per heavy atom. The predicted octanol–water partition coefficient (Wildman–Crippen LogP) is 3.43. The topological polar surface area (TPSA) is 24.5 Å². The fourth-order valence-corrected chi connectivity index (χ4v) is 4.14. The molecular weight excluding hydrogens is 260 g/mol. The minimum absolute atomic E-state index is 0.427. The molecule has 0 bridgehead atoms. The van der Waals surface area contributed by atoms with Crippen molar-refractivity contribution in [1.82, 2.24) is 10.2 Å². The van der Waals surface area contributed by atoms with Crippen molar-refractivity contribution in [3.05, 3.63) is 0 Å². The second-order valence-corrected chi connectivity index (χ2v) is 7.15. The molecule has 0 radical (unpaired) electrons. The highest BCUT2D eigenvalue weighted by atomic mass is 16.5. The van der Waals surface area contributed by atoms with E-state index in [-0.39, 0.29) is 0 Å². The Labute approximate surface area is 131 Å². The predicted molar refractivity (Wildman–Crippen MR) is 89.7 cm³/mol. The van der Waals surface area contributed by atoms with Gasteiger partial charge in [-0.15, -0.1) is 0 Å². The zero-order valence-electron chi connectivity index (χ0n) is 14.4. The van der Waals surface area contributed by atoms with Gasteiger partial charge in [-0.1, -0.05) is 39.5 Å². The van der Waals surface area contributed by atoms with Gasteiger partial charge in [0.25, 0.3) is 0 Å². The van der Waals surface area contributed by atoms with E-state index >= 15 is 0 Å². The van der Waals surface area contributed by atoms with Crippen LogP contribution in [-0.2, 0) is 4.74 Å². The van der Waals surface area contributed by atoms with E-state index in [1.165, 1.54) is 64.5 Å². The van der Waals surface area contributed by atoms with E-state index in [0.717, 1.165) is 12.6 Å². The van der Waals surface area contributed by atoms with Gasteiger partial charge in [0.15, 0.2) is 0 Å². The summed E-state index contributed by atoms with van der Waals surface area (Å²) in [6, 6.07) is 1.41. The van der Waals surface area contributed by atoms with E-state index in [1.54, 1.807) is 0 Å². The maximum absolute atomic E-state index is 5.73. The lowest BCUT2D eigenvalue weighted by molar-refractivity contribution is -0.0275. The summed E-state index contributed by atoms with van der Waals surface area (Å²) in [4.78, 5) is 2.74. The molecular formula is C18H36N2O. The molecule has 2 rings (SSSR count). The van der Waals surface area contributed by atoms with E-state index < -0.39 is 0 Å². The van der Waals surface area contributed by atoms with Crippen LogP contribution >= 0.6 is 0 Å². The lowest BCUT2D eigenvalue weighted by Crippen LogP contribution is -2.56. The van der Waals surface area contributed by atoms with E-state index in [0.29, 0.717) is 18.1 Å². The number of nitrogens with one attached hydrogen (secondary N) is 1. The largest absolute Gasteiger partial charge is 0.380 e.